The van der Waals surface area contributed by atoms with Gasteiger partial charge < -0.3 is 10.0 Å². The van der Waals surface area contributed by atoms with E-state index in [9.17, 15) is 5.11 Å². The fourth-order valence-electron chi connectivity index (χ4n) is 2.30. The van der Waals surface area contributed by atoms with Gasteiger partial charge in [0.15, 0.2) is 5.62 Å². The second-order valence-corrected chi connectivity index (χ2v) is 4.60. The van der Waals surface area contributed by atoms with Gasteiger partial charge in [0.05, 0.1) is 0 Å². The molecule has 1 heterocycles. The summed E-state index contributed by atoms with van der Waals surface area (Å²) in [5.41, 5.74) is -0.452. The van der Waals surface area contributed by atoms with Crippen molar-refractivity contribution < 1.29 is 5.11 Å². The molecule has 84 valence electrons. The van der Waals surface area contributed by atoms with Gasteiger partial charge in [0.2, 0.25) is 0 Å². The summed E-state index contributed by atoms with van der Waals surface area (Å²) < 4.78 is 0. The van der Waals surface area contributed by atoms with Gasteiger partial charge in [0, 0.05) is 18.3 Å². The molecule has 0 bridgehead atoms. The molecule has 4 heteroatoms. The maximum Gasteiger partial charge on any atom is 0.199 e. The predicted octanol–water partition coefficient (Wildman–Crippen LogP) is 2.31. The van der Waals surface area contributed by atoms with Gasteiger partial charge in [-0.1, -0.05) is 30.9 Å². The Bertz CT molecular complexity index is 261. The highest BCUT2D eigenvalue weighted by Crippen LogP contribution is 2.30. The highest BCUT2D eigenvalue weighted by Gasteiger charge is 2.29. The van der Waals surface area contributed by atoms with Gasteiger partial charge in [-0.05, 0) is 18.9 Å². The lowest BCUT2D eigenvalue weighted by atomic mass is 9.87. The summed E-state index contributed by atoms with van der Waals surface area (Å²) in [5.74, 6) is 0.345. The monoisotopic (exact) mass is 228 g/mol. The molecule has 2 atom stereocenters. The molecule has 15 heavy (non-hydrogen) atoms. The topological polar surface area (TPSA) is 35.8 Å². The zero-order chi connectivity index (χ0) is 10.7. The van der Waals surface area contributed by atoms with Crippen molar-refractivity contribution in [2.75, 3.05) is 0 Å². The lowest BCUT2D eigenvalue weighted by molar-refractivity contribution is -0.0301. The summed E-state index contributed by atoms with van der Waals surface area (Å²) in [4.78, 5) is 5.78. The molecule has 1 aliphatic heterocycles. The Labute approximate surface area is 95.4 Å². The number of rotatable bonds is 2. The van der Waals surface area contributed by atoms with Crippen molar-refractivity contribution in [2.24, 2.45) is 10.9 Å². The first-order valence-corrected chi connectivity index (χ1v) is 6.02. The third-order valence-corrected chi connectivity index (χ3v) is 3.51. The van der Waals surface area contributed by atoms with Gasteiger partial charge in [0.1, 0.15) is 6.23 Å². The van der Waals surface area contributed by atoms with Gasteiger partial charge in [-0.15, -0.1) is 0 Å². The van der Waals surface area contributed by atoms with Crippen molar-refractivity contribution in [3.05, 3.63) is 12.3 Å². The average Bonchev–Trinajstić information content (AvgIpc) is 2.30. The first kappa shape index (κ1) is 11.0. The van der Waals surface area contributed by atoms with E-state index in [1.54, 1.807) is 11.1 Å². The minimum Gasteiger partial charge on any atom is -0.373 e. The fourth-order valence-corrected chi connectivity index (χ4v) is 2.54. The first-order chi connectivity index (χ1) is 7.29. The molecule has 2 unspecified atom stereocenters. The third kappa shape index (κ3) is 2.52. The molecule has 0 aromatic heterocycles. The lowest BCUT2D eigenvalue weighted by Crippen LogP contribution is -2.42. The summed E-state index contributed by atoms with van der Waals surface area (Å²) in [6, 6.07) is 0. The van der Waals surface area contributed by atoms with E-state index in [1.807, 2.05) is 12.3 Å². The van der Waals surface area contributed by atoms with Crippen LogP contribution in [0.3, 0.4) is 0 Å². The minimum absolute atomic E-state index is 0.345. The summed E-state index contributed by atoms with van der Waals surface area (Å²) in [5, 5.41) is 10.2. The van der Waals surface area contributed by atoms with Crippen LogP contribution in [-0.4, -0.2) is 28.1 Å². The lowest BCUT2D eigenvalue weighted by Gasteiger charge is -2.36. The van der Waals surface area contributed by atoms with Crippen LogP contribution in [0.2, 0.25) is 0 Å². The maximum absolute atomic E-state index is 10.2. The van der Waals surface area contributed by atoms with Gasteiger partial charge in [-0.25, -0.2) is 0 Å². The van der Waals surface area contributed by atoms with Crippen LogP contribution in [0, 0.1) is 5.92 Å². The van der Waals surface area contributed by atoms with Gasteiger partial charge in [0.25, 0.3) is 0 Å². The van der Waals surface area contributed by atoms with Gasteiger partial charge >= 0.3 is 0 Å². The molecule has 0 radical (unpaired) electrons. The molecule has 1 N–H and O–H groups in total. The number of hydrogen-bond donors (Lipinski definition) is 1. The van der Waals surface area contributed by atoms with E-state index in [1.165, 1.54) is 19.3 Å². The van der Waals surface area contributed by atoms with Crippen molar-refractivity contribution in [3.8, 4) is 0 Å². The predicted molar refractivity (Wildman–Crippen MR) is 61.7 cm³/mol. The normalized spacial score (nSPS) is 29.5. The van der Waals surface area contributed by atoms with Crippen molar-refractivity contribution in [3.63, 3.8) is 0 Å². The number of allylic oxidation sites excluding steroid dienone is 1. The summed E-state index contributed by atoms with van der Waals surface area (Å²) in [6.45, 7) is 0. The van der Waals surface area contributed by atoms with Crippen molar-refractivity contribution in [1.29, 1.82) is 0 Å². The Morgan fingerprint density at radius 1 is 1.33 bits per heavy atom. The fraction of sp³-hybridized carbons (Fsp3) is 0.727. The molecule has 2 aliphatic rings. The van der Waals surface area contributed by atoms with E-state index < -0.39 is 11.9 Å². The molecule has 0 spiro atoms. The molecule has 0 aromatic rings. The Morgan fingerprint density at radius 3 is 2.73 bits per heavy atom. The number of alkyl halides is 1. The van der Waals surface area contributed by atoms with Crippen LogP contribution >= 0.6 is 11.6 Å². The van der Waals surface area contributed by atoms with Crippen LogP contribution in [-0.2, 0) is 0 Å². The van der Waals surface area contributed by atoms with Crippen LogP contribution in [0.15, 0.2) is 17.3 Å². The second-order valence-electron chi connectivity index (χ2n) is 4.21. The first-order valence-electron chi connectivity index (χ1n) is 5.58. The van der Waals surface area contributed by atoms with E-state index in [0.29, 0.717) is 5.92 Å². The molecule has 1 fully saturated rings. The number of halogens is 1. The number of aliphatic imine (C=N–C) groups is 1. The van der Waals surface area contributed by atoms with E-state index in [2.05, 4.69) is 4.99 Å². The van der Waals surface area contributed by atoms with Crippen LogP contribution < -0.4 is 0 Å². The molecule has 3 nitrogen and oxygen atoms in total. The smallest absolute Gasteiger partial charge is 0.199 e. The Hall–Kier alpha value is -0.540. The number of nitrogens with zero attached hydrogens (tertiary/aromatic N) is 2. The summed E-state index contributed by atoms with van der Waals surface area (Å²) >= 11 is 6.01. The molecular weight excluding hydrogens is 212 g/mol. The Morgan fingerprint density at radius 2 is 2.07 bits per heavy atom. The number of aliphatic hydroxyl groups excluding tert-OH is 1. The molecular formula is C11H17ClN2O. The quantitative estimate of drug-likeness (QED) is 0.582. The van der Waals surface area contributed by atoms with E-state index in [-0.39, 0.29) is 0 Å². The van der Waals surface area contributed by atoms with Crippen molar-refractivity contribution >= 4 is 17.8 Å². The average molecular weight is 229 g/mol. The number of aliphatic hydroxyl groups is 1. The molecule has 0 saturated heterocycles. The second kappa shape index (κ2) is 4.99. The third-order valence-electron chi connectivity index (χ3n) is 3.18. The van der Waals surface area contributed by atoms with Crippen LogP contribution in [0.1, 0.15) is 32.1 Å². The van der Waals surface area contributed by atoms with Crippen molar-refractivity contribution in [1.82, 2.24) is 4.90 Å². The van der Waals surface area contributed by atoms with Crippen LogP contribution in [0.25, 0.3) is 0 Å². The Kier molecular flexibility index (Phi) is 3.65. The van der Waals surface area contributed by atoms with Crippen LogP contribution in [0.4, 0.5) is 0 Å². The van der Waals surface area contributed by atoms with Gasteiger partial charge in [-0.2, -0.15) is 0 Å². The molecule has 2 rings (SSSR count). The SMILES string of the molecule is OC(C1CCCCC1)N1C=CC=NC1Cl. The van der Waals surface area contributed by atoms with Crippen LogP contribution in [0.5, 0.6) is 0 Å². The zero-order valence-corrected chi connectivity index (χ0v) is 9.48. The standard InChI is InChI=1S/C11H17ClN2O/c12-11-13-7-4-8-14(11)10(15)9-5-2-1-3-6-9/h4,7-11,15H,1-3,5-6H2. The Balaban J connectivity index is 1.96. The van der Waals surface area contributed by atoms with E-state index in [4.69, 9.17) is 11.6 Å². The largest absolute Gasteiger partial charge is 0.373 e. The van der Waals surface area contributed by atoms with E-state index in [0.717, 1.165) is 12.8 Å². The van der Waals surface area contributed by atoms with Crippen molar-refractivity contribution in [2.45, 2.75) is 44.0 Å². The molecule has 1 aliphatic carbocycles. The summed E-state index contributed by atoms with van der Waals surface area (Å²) in [6.07, 6.45) is 10.7. The number of hydrogen-bond acceptors (Lipinski definition) is 3. The highest BCUT2D eigenvalue weighted by molar-refractivity contribution is 6.20. The minimum atomic E-state index is -0.485. The zero-order valence-electron chi connectivity index (χ0n) is 8.72. The molecule has 0 aromatic carbocycles. The van der Waals surface area contributed by atoms with E-state index >= 15 is 0 Å². The molecule has 1 saturated carbocycles. The van der Waals surface area contributed by atoms with Gasteiger partial charge in [-0.3, -0.25) is 4.99 Å². The highest BCUT2D eigenvalue weighted by atomic mass is 35.5. The maximum atomic E-state index is 10.2. The summed E-state index contributed by atoms with van der Waals surface area (Å²) in [7, 11) is 0. The molecule has 0 amide bonds.